The number of halogens is 4. The molecule has 0 spiro atoms. The van der Waals surface area contributed by atoms with E-state index in [2.05, 4.69) is 25.9 Å². The first-order valence-corrected chi connectivity index (χ1v) is 6.60. The number of rotatable bonds is 2. The molecule has 0 unspecified atom stereocenters. The van der Waals surface area contributed by atoms with E-state index in [1.165, 1.54) is 18.3 Å². The first-order chi connectivity index (χ1) is 8.88. The van der Waals surface area contributed by atoms with Gasteiger partial charge in [-0.25, -0.2) is 4.98 Å². The summed E-state index contributed by atoms with van der Waals surface area (Å²) in [6.07, 6.45) is -1.93. The van der Waals surface area contributed by atoms with Crippen LogP contribution in [-0.4, -0.2) is 9.97 Å². The summed E-state index contributed by atoms with van der Waals surface area (Å²) in [5.74, 6) is 0. The molecule has 0 atom stereocenters. The molecule has 2 rings (SSSR count). The predicted octanol–water partition coefficient (Wildman–Crippen LogP) is 3.99. The molecule has 0 saturated heterocycles. The maximum Gasteiger partial charge on any atom is 0.434 e. The average Bonchev–Trinajstić information content (AvgIpc) is 2.32. The van der Waals surface area contributed by atoms with Crippen molar-refractivity contribution >= 4 is 33.4 Å². The van der Waals surface area contributed by atoms with Gasteiger partial charge >= 0.3 is 6.18 Å². The molecule has 2 aromatic rings. The van der Waals surface area contributed by atoms with Gasteiger partial charge < -0.3 is 5.73 Å². The van der Waals surface area contributed by atoms with E-state index in [1.807, 2.05) is 0 Å². The third-order valence-electron chi connectivity index (χ3n) is 2.09. The lowest BCUT2D eigenvalue weighted by Gasteiger charge is -2.11. The second-order valence-electron chi connectivity index (χ2n) is 3.50. The summed E-state index contributed by atoms with van der Waals surface area (Å²) in [7, 11) is 0. The van der Waals surface area contributed by atoms with Crippen LogP contribution in [0, 0.1) is 0 Å². The summed E-state index contributed by atoms with van der Waals surface area (Å²) < 4.78 is 39.0. The summed E-state index contributed by atoms with van der Waals surface area (Å²) in [5, 5.41) is 0.307. The molecular formula is C11H7BrF3N3S. The van der Waals surface area contributed by atoms with Gasteiger partial charge in [-0.3, -0.25) is 4.98 Å². The van der Waals surface area contributed by atoms with Crippen molar-refractivity contribution in [3.8, 4) is 0 Å². The Morgan fingerprint density at radius 2 is 2.00 bits per heavy atom. The van der Waals surface area contributed by atoms with Crippen molar-refractivity contribution in [3.05, 3.63) is 40.8 Å². The average molecular weight is 350 g/mol. The van der Waals surface area contributed by atoms with Crippen LogP contribution in [-0.2, 0) is 6.18 Å². The second-order valence-corrected chi connectivity index (χ2v) is 5.44. The van der Waals surface area contributed by atoms with Crippen LogP contribution < -0.4 is 5.73 Å². The molecular weight excluding hydrogens is 343 g/mol. The van der Waals surface area contributed by atoms with E-state index >= 15 is 0 Å². The monoisotopic (exact) mass is 349 g/mol. The number of aromatic nitrogens is 2. The topological polar surface area (TPSA) is 51.8 Å². The Morgan fingerprint density at radius 1 is 1.26 bits per heavy atom. The molecule has 100 valence electrons. The zero-order valence-electron chi connectivity index (χ0n) is 9.28. The maximum absolute atomic E-state index is 12.8. The molecule has 2 N–H and O–H groups in total. The highest BCUT2D eigenvalue weighted by Crippen LogP contribution is 2.39. The zero-order valence-corrected chi connectivity index (χ0v) is 11.7. The zero-order chi connectivity index (χ0) is 14.0. The van der Waals surface area contributed by atoms with Crippen LogP contribution in [0.5, 0.6) is 0 Å². The Kier molecular flexibility index (Phi) is 4.00. The summed E-state index contributed by atoms with van der Waals surface area (Å²) >= 11 is 4.02. The Morgan fingerprint density at radius 3 is 2.63 bits per heavy atom. The Bertz CT molecular complexity index is 604. The van der Waals surface area contributed by atoms with Gasteiger partial charge in [0.1, 0.15) is 5.03 Å². The molecule has 3 nitrogen and oxygen atoms in total. The Labute approximate surface area is 119 Å². The normalized spacial score (nSPS) is 11.6. The van der Waals surface area contributed by atoms with E-state index in [4.69, 9.17) is 5.73 Å². The van der Waals surface area contributed by atoms with Crippen LogP contribution in [0.1, 0.15) is 5.69 Å². The van der Waals surface area contributed by atoms with Crippen molar-refractivity contribution in [3.63, 3.8) is 0 Å². The van der Waals surface area contributed by atoms with Crippen LogP contribution >= 0.6 is 27.7 Å². The largest absolute Gasteiger partial charge is 0.434 e. The van der Waals surface area contributed by atoms with E-state index in [1.54, 1.807) is 6.07 Å². The van der Waals surface area contributed by atoms with Gasteiger partial charge in [-0.1, -0.05) is 11.8 Å². The summed E-state index contributed by atoms with van der Waals surface area (Å²) in [5.41, 5.74) is 5.07. The number of nitrogens with zero attached hydrogens (tertiary/aromatic N) is 2. The van der Waals surface area contributed by atoms with Gasteiger partial charge in [-0.2, -0.15) is 13.2 Å². The molecule has 19 heavy (non-hydrogen) atoms. The van der Waals surface area contributed by atoms with E-state index in [9.17, 15) is 13.2 Å². The van der Waals surface area contributed by atoms with Gasteiger partial charge in [-0.05, 0) is 34.1 Å². The molecule has 2 aromatic heterocycles. The summed E-state index contributed by atoms with van der Waals surface area (Å²) in [4.78, 5) is 7.33. The standard InChI is InChI=1S/C11H7BrF3N3S/c12-6-4-7(16)10(18-5-6)19-8-2-1-3-17-9(8)11(13,14)15/h1-5H,16H2. The third-order valence-corrected chi connectivity index (χ3v) is 3.61. The molecule has 0 fully saturated rings. The fourth-order valence-electron chi connectivity index (χ4n) is 1.32. The third kappa shape index (κ3) is 3.38. The van der Waals surface area contributed by atoms with Crippen molar-refractivity contribution in [2.45, 2.75) is 16.1 Å². The first-order valence-electron chi connectivity index (χ1n) is 4.99. The minimum atomic E-state index is -4.51. The van der Waals surface area contributed by atoms with Crippen LogP contribution in [0.4, 0.5) is 18.9 Å². The molecule has 0 aromatic carbocycles. The van der Waals surface area contributed by atoms with E-state index in [-0.39, 0.29) is 4.90 Å². The number of hydrogen-bond acceptors (Lipinski definition) is 4. The minimum absolute atomic E-state index is 0.0310. The smallest absolute Gasteiger partial charge is 0.397 e. The molecule has 0 amide bonds. The van der Waals surface area contributed by atoms with E-state index < -0.39 is 11.9 Å². The summed E-state index contributed by atoms with van der Waals surface area (Å²) in [6.45, 7) is 0. The van der Waals surface area contributed by atoms with Gasteiger partial charge in [0.05, 0.1) is 5.69 Å². The minimum Gasteiger partial charge on any atom is -0.397 e. The van der Waals surface area contributed by atoms with E-state index in [0.29, 0.717) is 15.2 Å². The molecule has 2 heterocycles. The van der Waals surface area contributed by atoms with Gasteiger partial charge in [0, 0.05) is 21.8 Å². The molecule has 0 aliphatic carbocycles. The SMILES string of the molecule is Nc1cc(Br)cnc1Sc1cccnc1C(F)(F)F. The Balaban J connectivity index is 2.39. The lowest BCUT2D eigenvalue weighted by molar-refractivity contribution is -0.143. The van der Waals surface area contributed by atoms with Gasteiger partial charge in [0.2, 0.25) is 0 Å². The highest BCUT2D eigenvalue weighted by Gasteiger charge is 2.35. The van der Waals surface area contributed by atoms with Gasteiger partial charge in [0.15, 0.2) is 5.69 Å². The number of anilines is 1. The fourth-order valence-corrected chi connectivity index (χ4v) is 2.57. The van der Waals surface area contributed by atoms with Crippen LogP contribution in [0.2, 0.25) is 0 Å². The summed E-state index contributed by atoms with van der Waals surface area (Å²) in [6, 6.07) is 4.36. The predicted molar refractivity (Wildman–Crippen MR) is 69.7 cm³/mol. The van der Waals surface area contributed by atoms with Crippen LogP contribution in [0.25, 0.3) is 0 Å². The lowest BCUT2D eigenvalue weighted by Crippen LogP contribution is -2.09. The van der Waals surface area contributed by atoms with Gasteiger partial charge in [0.25, 0.3) is 0 Å². The molecule has 0 radical (unpaired) electrons. The number of nitrogens with two attached hydrogens (primary N) is 1. The highest BCUT2D eigenvalue weighted by atomic mass is 79.9. The molecule has 0 saturated carbocycles. The number of alkyl halides is 3. The maximum atomic E-state index is 12.8. The van der Waals surface area contributed by atoms with Crippen molar-refractivity contribution in [2.24, 2.45) is 0 Å². The number of hydrogen-bond donors (Lipinski definition) is 1. The quantitative estimate of drug-likeness (QED) is 0.890. The number of nitrogen functional groups attached to an aromatic ring is 1. The molecule has 0 aliphatic heterocycles. The van der Waals surface area contributed by atoms with Crippen LogP contribution in [0.3, 0.4) is 0 Å². The van der Waals surface area contributed by atoms with E-state index in [0.717, 1.165) is 18.0 Å². The highest BCUT2D eigenvalue weighted by molar-refractivity contribution is 9.10. The van der Waals surface area contributed by atoms with Crippen LogP contribution in [0.15, 0.2) is 45.0 Å². The Hall–Kier alpha value is -1.28. The van der Waals surface area contributed by atoms with Crippen molar-refractivity contribution in [1.29, 1.82) is 0 Å². The fraction of sp³-hybridized carbons (Fsp3) is 0.0909. The molecule has 0 aliphatic rings. The molecule has 0 bridgehead atoms. The van der Waals surface area contributed by atoms with Crippen molar-refractivity contribution < 1.29 is 13.2 Å². The second kappa shape index (κ2) is 5.38. The van der Waals surface area contributed by atoms with Crippen molar-refractivity contribution in [1.82, 2.24) is 9.97 Å². The molecule has 8 heteroatoms. The first kappa shape index (κ1) is 14.1. The van der Waals surface area contributed by atoms with Gasteiger partial charge in [-0.15, -0.1) is 0 Å². The lowest BCUT2D eigenvalue weighted by atomic mass is 10.3. The number of pyridine rings is 2. The van der Waals surface area contributed by atoms with Crippen molar-refractivity contribution in [2.75, 3.05) is 5.73 Å².